The predicted molar refractivity (Wildman–Crippen MR) is 95.2 cm³/mol. The maximum Gasteiger partial charge on any atom is 0.232 e. The summed E-state index contributed by atoms with van der Waals surface area (Å²) < 4.78 is 25.5. The molecule has 0 aliphatic heterocycles. The van der Waals surface area contributed by atoms with E-state index in [1.165, 1.54) is 10.6 Å². The molecule has 0 aliphatic carbocycles. The van der Waals surface area contributed by atoms with Gasteiger partial charge in [0, 0.05) is 19.0 Å². The Bertz CT molecular complexity index is 641. The van der Waals surface area contributed by atoms with Crippen molar-refractivity contribution in [2.75, 3.05) is 17.1 Å². The Morgan fingerprint density at radius 3 is 2.43 bits per heavy atom. The molecule has 1 rings (SSSR count). The Labute approximate surface area is 140 Å². The highest BCUT2D eigenvalue weighted by Gasteiger charge is 2.18. The minimum absolute atomic E-state index is 0.0344. The fourth-order valence-electron chi connectivity index (χ4n) is 2.20. The molecule has 0 spiro atoms. The topological polar surface area (TPSA) is 66.5 Å². The molecular formula is C17H28N2O3S. The Morgan fingerprint density at radius 2 is 1.91 bits per heavy atom. The van der Waals surface area contributed by atoms with Gasteiger partial charge in [0.25, 0.3) is 0 Å². The number of benzene rings is 1. The van der Waals surface area contributed by atoms with Crippen LogP contribution >= 0.6 is 0 Å². The lowest BCUT2D eigenvalue weighted by Crippen LogP contribution is -2.34. The van der Waals surface area contributed by atoms with Gasteiger partial charge in [-0.2, -0.15) is 0 Å². The molecule has 1 aromatic rings. The van der Waals surface area contributed by atoms with Crippen molar-refractivity contribution in [3.8, 4) is 0 Å². The molecule has 5 nitrogen and oxygen atoms in total. The van der Waals surface area contributed by atoms with Gasteiger partial charge in [-0.15, -0.1) is 0 Å². The number of hydrogen-bond acceptors (Lipinski definition) is 3. The Hall–Kier alpha value is -1.56. The number of rotatable bonds is 8. The van der Waals surface area contributed by atoms with Crippen molar-refractivity contribution < 1.29 is 13.2 Å². The maximum atomic E-state index is 12.1. The lowest BCUT2D eigenvalue weighted by atomic mass is 10.1. The second-order valence-electron chi connectivity index (χ2n) is 6.08. The maximum absolute atomic E-state index is 12.1. The van der Waals surface area contributed by atoms with E-state index in [1.54, 1.807) is 0 Å². The van der Waals surface area contributed by atoms with Gasteiger partial charge in [-0.25, -0.2) is 8.42 Å². The van der Waals surface area contributed by atoms with Crippen LogP contribution in [0, 0.1) is 13.8 Å². The molecule has 0 saturated heterocycles. The van der Waals surface area contributed by atoms with Gasteiger partial charge in [-0.05, 0) is 56.9 Å². The number of anilines is 1. The van der Waals surface area contributed by atoms with Gasteiger partial charge in [0.1, 0.15) is 0 Å². The Kier molecular flexibility index (Phi) is 7.06. The normalized spacial score (nSPS) is 12.7. The van der Waals surface area contributed by atoms with E-state index < -0.39 is 10.0 Å². The van der Waals surface area contributed by atoms with Crippen LogP contribution in [-0.4, -0.2) is 33.2 Å². The zero-order valence-electron chi connectivity index (χ0n) is 14.7. The first-order valence-corrected chi connectivity index (χ1v) is 9.84. The minimum atomic E-state index is -3.37. The third kappa shape index (κ3) is 6.22. The van der Waals surface area contributed by atoms with Crippen LogP contribution in [-0.2, 0) is 14.8 Å². The second-order valence-corrected chi connectivity index (χ2v) is 7.99. The van der Waals surface area contributed by atoms with Crippen LogP contribution in [0.5, 0.6) is 0 Å². The van der Waals surface area contributed by atoms with Crippen molar-refractivity contribution >= 4 is 21.6 Å². The summed E-state index contributed by atoms with van der Waals surface area (Å²) in [6.07, 6.45) is 2.88. The first kappa shape index (κ1) is 19.5. The van der Waals surface area contributed by atoms with Gasteiger partial charge < -0.3 is 5.32 Å². The molecule has 0 aliphatic rings. The van der Waals surface area contributed by atoms with Crippen LogP contribution in [0.2, 0.25) is 0 Å². The Balaban J connectivity index is 2.74. The van der Waals surface area contributed by atoms with Crippen LogP contribution < -0.4 is 9.62 Å². The summed E-state index contributed by atoms with van der Waals surface area (Å²) in [6.45, 7) is 8.21. The monoisotopic (exact) mass is 340 g/mol. The van der Waals surface area contributed by atoms with Crippen LogP contribution in [0.25, 0.3) is 0 Å². The van der Waals surface area contributed by atoms with E-state index in [1.807, 2.05) is 45.9 Å². The quantitative estimate of drug-likeness (QED) is 0.791. The van der Waals surface area contributed by atoms with Gasteiger partial charge in [0.15, 0.2) is 0 Å². The zero-order chi connectivity index (χ0) is 17.6. The van der Waals surface area contributed by atoms with Crippen LogP contribution in [0.3, 0.4) is 0 Å². The molecular weight excluding hydrogens is 312 g/mol. The lowest BCUT2D eigenvalue weighted by molar-refractivity contribution is -0.121. The molecule has 0 radical (unpaired) electrons. The highest BCUT2D eigenvalue weighted by atomic mass is 32.2. The molecule has 1 unspecified atom stereocenters. The molecule has 0 aromatic heterocycles. The summed E-state index contributed by atoms with van der Waals surface area (Å²) >= 11 is 0. The van der Waals surface area contributed by atoms with Crippen molar-refractivity contribution in [2.45, 2.75) is 53.0 Å². The highest BCUT2D eigenvalue weighted by Crippen LogP contribution is 2.21. The molecule has 1 amide bonds. The minimum Gasteiger partial charge on any atom is -0.354 e. The van der Waals surface area contributed by atoms with E-state index in [2.05, 4.69) is 5.32 Å². The summed E-state index contributed by atoms with van der Waals surface area (Å²) in [5.41, 5.74) is 2.82. The number of aryl methyl sites for hydroxylation is 2. The fourth-order valence-corrected chi connectivity index (χ4v) is 3.16. The van der Waals surface area contributed by atoms with E-state index in [0.717, 1.165) is 17.5 Å². The fraction of sp³-hybridized carbons (Fsp3) is 0.588. The molecule has 1 N–H and O–H groups in total. The molecule has 1 aromatic carbocycles. The molecule has 130 valence electrons. The number of hydrogen-bond donors (Lipinski definition) is 1. The number of carbonyl (C=O) groups is 1. The SMILES string of the molecule is CCC(C)NC(=O)CCCN(c1ccc(C)c(C)c1)S(C)(=O)=O. The van der Waals surface area contributed by atoms with E-state index in [9.17, 15) is 13.2 Å². The average molecular weight is 340 g/mol. The molecule has 0 bridgehead atoms. The van der Waals surface area contributed by atoms with Gasteiger partial charge >= 0.3 is 0 Å². The van der Waals surface area contributed by atoms with Gasteiger partial charge in [-0.1, -0.05) is 13.0 Å². The van der Waals surface area contributed by atoms with Gasteiger partial charge in [0.05, 0.1) is 11.9 Å². The largest absolute Gasteiger partial charge is 0.354 e. The number of sulfonamides is 1. The van der Waals surface area contributed by atoms with E-state index >= 15 is 0 Å². The molecule has 0 fully saturated rings. The predicted octanol–water partition coefficient (Wildman–Crippen LogP) is 2.76. The number of carbonyl (C=O) groups excluding carboxylic acids is 1. The number of amides is 1. The first-order chi connectivity index (χ1) is 10.6. The summed E-state index contributed by atoms with van der Waals surface area (Å²) in [6, 6.07) is 5.74. The smallest absolute Gasteiger partial charge is 0.232 e. The van der Waals surface area contributed by atoms with E-state index in [4.69, 9.17) is 0 Å². The molecule has 6 heteroatoms. The Morgan fingerprint density at radius 1 is 1.26 bits per heavy atom. The van der Waals surface area contributed by atoms with Crippen LogP contribution in [0.15, 0.2) is 18.2 Å². The van der Waals surface area contributed by atoms with Gasteiger partial charge in [-0.3, -0.25) is 9.10 Å². The van der Waals surface area contributed by atoms with E-state index in [0.29, 0.717) is 25.1 Å². The zero-order valence-corrected chi connectivity index (χ0v) is 15.5. The first-order valence-electron chi connectivity index (χ1n) is 7.99. The third-order valence-electron chi connectivity index (χ3n) is 3.96. The molecule has 1 atom stereocenters. The average Bonchev–Trinajstić information content (AvgIpc) is 2.45. The van der Waals surface area contributed by atoms with Crippen molar-refractivity contribution in [1.29, 1.82) is 0 Å². The highest BCUT2D eigenvalue weighted by molar-refractivity contribution is 7.92. The summed E-state index contributed by atoms with van der Waals surface area (Å²) in [5, 5.41) is 2.89. The van der Waals surface area contributed by atoms with Crippen molar-refractivity contribution in [2.24, 2.45) is 0 Å². The summed E-state index contributed by atoms with van der Waals surface area (Å²) in [4.78, 5) is 11.8. The molecule has 23 heavy (non-hydrogen) atoms. The summed E-state index contributed by atoms with van der Waals surface area (Å²) in [5.74, 6) is -0.0344. The summed E-state index contributed by atoms with van der Waals surface area (Å²) in [7, 11) is -3.37. The van der Waals surface area contributed by atoms with E-state index in [-0.39, 0.29) is 11.9 Å². The van der Waals surface area contributed by atoms with Crippen molar-refractivity contribution in [3.05, 3.63) is 29.3 Å². The lowest BCUT2D eigenvalue weighted by Gasteiger charge is -2.23. The number of nitrogens with zero attached hydrogens (tertiary/aromatic N) is 1. The third-order valence-corrected chi connectivity index (χ3v) is 5.16. The molecule has 0 saturated carbocycles. The van der Waals surface area contributed by atoms with Crippen LogP contribution in [0.1, 0.15) is 44.2 Å². The standard InChI is InChI=1S/C17H28N2O3S/c1-6-15(4)18-17(20)8-7-11-19(23(5,21)22)16-10-9-13(2)14(3)12-16/h9-10,12,15H,6-8,11H2,1-5H3,(H,18,20). The van der Waals surface area contributed by atoms with Crippen molar-refractivity contribution in [3.63, 3.8) is 0 Å². The van der Waals surface area contributed by atoms with Crippen LogP contribution in [0.4, 0.5) is 5.69 Å². The van der Waals surface area contributed by atoms with Crippen molar-refractivity contribution in [1.82, 2.24) is 5.32 Å². The second kappa shape index (κ2) is 8.34. The molecule has 0 heterocycles. The number of nitrogens with one attached hydrogen (secondary N) is 1. The van der Waals surface area contributed by atoms with Gasteiger partial charge in [0.2, 0.25) is 15.9 Å².